The van der Waals surface area contributed by atoms with E-state index in [1.165, 1.54) is 11.1 Å². The van der Waals surface area contributed by atoms with E-state index in [4.69, 9.17) is 9.47 Å². The zero-order chi connectivity index (χ0) is 17.5. The molecule has 2 aliphatic rings. The van der Waals surface area contributed by atoms with Crippen LogP contribution in [0.1, 0.15) is 23.5 Å². The summed E-state index contributed by atoms with van der Waals surface area (Å²) in [5, 5.41) is 2.95. The van der Waals surface area contributed by atoms with E-state index in [0.717, 1.165) is 22.6 Å². The number of anilines is 1. The summed E-state index contributed by atoms with van der Waals surface area (Å²) in [6.45, 7) is 0.225. The van der Waals surface area contributed by atoms with E-state index in [1.807, 2.05) is 30.3 Å². The molecule has 1 atom stereocenters. The molecule has 1 unspecified atom stereocenters. The van der Waals surface area contributed by atoms with Crippen LogP contribution in [-0.2, 0) is 4.79 Å². The average Bonchev–Trinajstić information content (AvgIpc) is 3.14. The monoisotopic (exact) mass is 343 g/mol. The van der Waals surface area contributed by atoms with Crippen molar-refractivity contribution in [2.75, 3.05) is 12.1 Å². The highest BCUT2D eigenvalue weighted by atomic mass is 16.7. The predicted molar refractivity (Wildman–Crippen MR) is 99.5 cm³/mol. The highest BCUT2D eigenvalue weighted by molar-refractivity contribution is 5.96. The van der Waals surface area contributed by atoms with Crippen molar-refractivity contribution in [3.8, 4) is 22.6 Å². The lowest BCUT2D eigenvalue weighted by Crippen LogP contribution is -2.23. The van der Waals surface area contributed by atoms with Crippen LogP contribution in [0.5, 0.6) is 11.5 Å². The van der Waals surface area contributed by atoms with Gasteiger partial charge in [0.05, 0.1) is 0 Å². The standard InChI is InChI=1S/C22H17NO3/c24-22-11-17(18-10-20-21(26-13-25-20)12-19(18)23-22)16-8-6-15(7-9-16)14-4-2-1-3-5-14/h1-10,12,17H,11,13H2,(H,23,24). The van der Waals surface area contributed by atoms with Crippen LogP contribution in [-0.4, -0.2) is 12.7 Å². The Balaban J connectivity index is 1.54. The van der Waals surface area contributed by atoms with Crippen LogP contribution in [0.4, 0.5) is 5.69 Å². The Hall–Kier alpha value is -3.27. The summed E-state index contributed by atoms with van der Waals surface area (Å²) in [6, 6.07) is 22.6. The fraction of sp³-hybridized carbons (Fsp3) is 0.136. The van der Waals surface area contributed by atoms with Gasteiger partial charge in [-0.15, -0.1) is 0 Å². The van der Waals surface area contributed by atoms with Gasteiger partial charge in [-0.1, -0.05) is 54.6 Å². The van der Waals surface area contributed by atoms with Gasteiger partial charge in [-0.05, 0) is 28.3 Å². The van der Waals surface area contributed by atoms with Crippen LogP contribution in [0.2, 0.25) is 0 Å². The average molecular weight is 343 g/mol. The van der Waals surface area contributed by atoms with Crippen molar-refractivity contribution in [2.24, 2.45) is 0 Å². The van der Waals surface area contributed by atoms with E-state index in [1.54, 1.807) is 0 Å². The van der Waals surface area contributed by atoms with Crippen LogP contribution < -0.4 is 14.8 Å². The smallest absolute Gasteiger partial charge is 0.231 e. The van der Waals surface area contributed by atoms with E-state index in [0.29, 0.717) is 12.2 Å². The van der Waals surface area contributed by atoms with Gasteiger partial charge in [-0.2, -0.15) is 0 Å². The highest BCUT2D eigenvalue weighted by Gasteiger charge is 2.29. The molecule has 0 aliphatic carbocycles. The quantitative estimate of drug-likeness (QED) is 0.742. The first-order valence-corrected chi connectivity index (χ1v) is 8.67. The number of hydrogen-bond donors (Lipinski definition) is 1. The molecule has 5 rings (SSSR count). The molecule has 4 heteroatoms. The summed E-state index contributed by atoms with van der Waals surface area (Å²) in [5.41, 5.74) is 5.35. The molecule has 0 bridgehead atoms. The Morgan fingerprint density at radius 3 is 2.31 bits per heavy atom. The van der Waals surface area contributed by atoms with Crippen LogP contribution in [0.25, 0.3) is 11.1 Å². The number of carbonyl (C=O) groups excluding carboxylic acids is 1. The van der Waals surface area contributed by atoms with Crippen LogP contribution >= 0.6 is 0 Å². The summed E-state index contributed by atoms with van der Waals surface area (Å²) >= 11 is 0. The molecule has 0 saturated carbocycles. The number of hydrogen-bond acceptors (Lipinski definition) is 3. The van der Waals surface area contributed by atoms with E-state index in [-0.39, 0.29) is 18.6 Å². The maximum absolute atomic E-state index is 12.2. The SMILES string of the molecule is O=C1CC(c2ccc(-c3ccccc3)cc2)c2cc3c(cc2N1)OCO3. The van der Waals surface area contributed by atoms with Gasteiger partial charge in [-0.25, -0.2) is 0 Å². The van der Waals surface area contributed by atoms with Crippen molar-refractivity contribution >= 4 is 11.6 Å². The number of fused-ring (bicyclic) bond motifs is 2. The van der Waals surface area contributed by atoms with Gasteiger partial charge in [0.15, 0.2) is 11.5 Å². The Bertz CT molecular complexity index is 980. The topological polar surface area (TPSA) is 47.6 Å². The van der Waals surface area contributed by atoms with Gasteiger partial charge in [0.2, 0.25) is 12.7 Å². The number of amides is 1. The van der Waals surface area contributed by atoms with E-state index in [2.05, 4.69) is 41.7 Å². The second kappa shape index (κ2) is 5.92. The Morgan fingerprint density at radius 2 is 1.54 bits per heavy atom. The number of nitrogens with one attached hydrogen (secondary N) is 1. The van der Waals surface area contributed by atoms with Crippen molar-refractivity contribution in [1.82, 2.24) is 0 Å². The van der Waals surface area contributed by atoms with Crippen LogP contribution in [0.15, 0.2) is 66.7 Å². The van der Waals surface area contributed by atoms with E-state index in [9.17, 15) is 4.79 Å². The van der Waals surface area contributed by atoms with Crippen LogP contribution in [0, 0.1) is 0 Å². The molecule has 0 spiro atoms. The van der Waals surface area contributed by atoms with Crippen molar-refractivity contribution < 1.29 is 14.3 Å². The second-order valence-electron chi connectivity index (χ2n) is 6.59. The van der Waals surface area contributed by atoms with Gasteiger partial charge >= 0.3 is 0 Å². The first kappa shape index (κ1) is 15.0. The third-order valence-electron chi connectivity index (χ3n) is 5.00. The Labute approximate surface area is 151 Å². The minimum atomic E-state index is 0.0121. The molecule has 0 saturated heterocycles. The van der Waals surface area contributed by atoms with Gasteiger partial charge in [0, 0.05) is 24.1 Å². The fourth-order valence-electron chi connectivity index (χ4n) is 3.69. The summed E-state index contributed by atoms with van der Waals surface area (Å²) < 4.78 is 10.9. The minimum Gasteiger partial charge on any atom is -0.454 e. The zero-order valence-corrected chi connectivity index (χ0v) is 14.1. The van der Waals surface area contributed by atoms with Gasteiger partial charge < -0.3 is 14.8 Å². The highest BCUT2D eigenvalue weighted by Crippen LogP contribution is 2.44. The van der Waals surface area contributed by atoms with Crippen molar-refractivity contribution in [3.05, 3.63) is 77.9 Å². The maximum Gasteiger partial charge on any atom is 0.231 e. The predicted octanol–water partition coefficient (Wildman–Crippen LogP) is 4.56. The summed E-state index contributed by atoms with van der Waals surface area (Å²) in [6.07, 6.45) is 0.428. The first-order valence-electron chi connectivity index (χ1n) is 8.67. The van der Waals surface area contributed by atoms with Crippen molar-refractivity contribution in [2.45, 2.75) is 12.3 Å². The number of carbonyl (C=O) groups is 1. The molecule has 3 aromatic carbocycles. The van der Waals surface area contributed by atoms with Gasteiger partial charge in [0.1, 0.15) is 0 Å². The Morgan fingerprint density at radius 1 is 0.846 bits per heavy atom. The normalized spacial score (nSPS) is 17.5. The number of benzene rings is 3. The fourth-order valence-corrected chi connectivity index (χ4v) is 3.69. The molecule has 2 heterocycles. The molecule has 3 aromatic rings. The molecular formula is C22H17NO3. The van der Waals surface area contributed by atoms with Crippen molar-refractivity contribution in [3.63, 3.8) is 0 Å². The summed E-state index contributed by atoms with van der Waals surface area (Å²) in [7, 11) is 0. The lowest BCUT2D eigenvalue weighted by atomic mass is 9.84. The largest absolute Gasteiger partial charge is 0.454 e. The Kier molecular flexibility index (Phi) is 3.42. The molecule has 1 amide bonds. The van der Waals surface area contributed by atoms with E-state index < -0.39 is 0 Å². The van der Waals surface area contributed by atoms with Crippen molar-refractivity contribution in [1.29, 1.82) is 0 Å². The molecule has 1 N–H and O–H groups in total. The van der Waals surface area contributed by atoms with E-state index >= 15 is 0 Å². The molecule has 0 fully saturated rings. The zero-order valence-electron chi connectivity index (χ0n) is 14.1. The van der Waals surface area contributed by atoms with Crippen LogP contribution in [0.3, 0.4) is 0 Å². The third-order valence-corrected chi connectivity index (χ3v) is 5.00. The second-order valence-corrected chi connectivity index (χ2v) is 6.59. The molecule has 128 valence electrons. The van der Waals surface area contributed by atoms with Gasteiger partial charge in [-0.3, -0.25) is 4.79 Å². The maximum atomic E-state index is 12.2. The molecule has 0 aromatic heterocycles. The lowest BCUT2D eigenvalue weighted by Gasteiger charge is -2.26. The molecule has 4 nitrogen and oxygen atoms in total. The minimum absolute atomic E-state index is 0.0121. The summed E-state index contributed by atoms with van der Waals surface area (Å²) in [5.74, 6) is 1.46. The number of ether oxygens (including phenoxy) is 2. The molecule has 2 aliphatic heterocycles. The van der Waals surface area contributed by atoms with Gasteiger partial charge in [0.25, 0.3) is 0 Å². The molecule has 26 heavy (non-hydrogen) atoms. The molecule has 0 radical (unpaired) electrons. The first-order chi connectivity index (χ1) is 12.8. The lowest BCUT2D eigenvalue weighted by molar-refractivity contribution is -0.116. The number of rotatable bonds is 2. The summed E-state index contributed by atoms with van der Waals surface area (Å²) in [4.78, 5) is 12.2. The third kappa shape index (κ3) is 2.51. The molecular weight excluding hydrogens is 326 g/mol.